The third-order valence-corrected chi connectivity index (χ3v) is 6.06. The van der Waals surface area contributed by atoms with E-state index in [0.29, 0.717) is 12.0 Å². The summed E-state index contributed by atoms with van der Waals surface area (Å²) in [7, 11) is 0. The van der Waals surface area contributed by atoms with Crippen molar-refractivity contribution in [1.82, 2.24) is 0 Å². The topological polar surface area (TPSA) is 46.2 Å². The molecular weight excluding hydrogens is 370 g/mol. The zero-order valence-corrected chi connectivity index (χ0v) is 16.1. The van der Waals surface area contributed by atoms with Crippen molar-refractivity contribution in [3.05, 3.63) is 112 Å². The molecular formula is C27H17NO2. The Morgan fingerprint density at radius 2 is 1.20 bits per heavy atom. The smallest absolute Gasteiger partial charge is 0.256 e. The number of rotatable bonds is 2. The van der Waals surface area contributed by atoms with Crippen molar-refractivity contribution in [3.63, 3.8) is 0 Å². The second-order valence-electron chi connectivity index (χ2n) is 7.71. The number of carbonyl (C=O) groups excluding carboxylic acids is 2. The van der Waals surface area contributed by atoms with Gasteiger partial charge in [0.15, 0.2) is 5.78 Å². The number of fused-ring (bicyclic) bond motifs is 5. The third kappa shape index (κ3) is 2.32. The van der Waals surface area contributed by atoms with Gasteiger partial charge in [0.2, 0.25) is 0 Å². The zero-order chi connectivity index (χ0) is 20.2. The minimum atomic E-state index is -0.0863. The fraction of sp³-hybridized carbons (Fsp3) is 0.0370. The van der Waals surface area contributed by atoms with E-state index in [1.54, 1.807) is 0 Å². The van der Waals surface area contributed by atoms with E-state index in [1.807, 2.05) is 78.9 Å². The number of anilines is 1. The van der Waals surface area contributed by atoms with Gasteiger partial charge in [0.25, 0.3) is 5.91 Å². The fourth-order valence-corrected chi connectivity index (χ4v) is 4.75. The Bertz CT molecular complexity index is 1380. The Balaban J connectivity index is 1.65. The second-order valence-corrected chi connectivity index (χ2v) is 7.71. The van der Waals surface area contributed by atoms with Crippen LogP contribution < -0.4 is 15.8 Å². The predicted octanol–water partition coefficient (Wildman–Crippen LogP) is 3.32. The molecule has 4 aromatic rings. The molecule has 142 valence electrons. The second kappa shape index (κ2) is 6.26. The van der Waals surface area contributed by atoms with Crippen molar-refractivity contribution in [2.45, 2.75) is 6.42 Å². The van der Waals surface area contributed by atoms with Gasteiger partial charge in [0.1, 0.15) is 0 Å². The number of Topliss-reactive ketones (excluding diaryl/α,β-unsaturated/α-hetero) is 1. The lowest BCUT2D eigenvalue weighted by molar-refractivity contribution is -0.113. The lowest BCUT2D eigenvalue weighted by atomic mass is 9.98. The zero-order valence-electron chi connectivity index (χ0n) is 16.1. The minimum Gasteiger partial charge on any atom is -0.321 e. The standard InChI is InChI=1S/C27H17NO2/c29-23-15-22-18-11-14-21-25(17-9-5-2-6-10-17)27(30)28-26(21)20(18)13-12-19(22)24(23)16-7-3-1-4-8-16/h1-14H,15H2,(H,28,30). The number of ketones is 1. The molecule has 1 N–H and O–H groups in total. The van der Waals surface area contributed by atoms with E-state index in [1.165, 1.54) is 0 Å². The van der Waals surface area contributed by atoms with Crippen LogP contribution in [0.1, 0.15) is 16.7 Å². The normalized spacial score (nSPS) is 14.8. The largest absolute Gasteiger partial charge is 0.321 e. The van der Waals surface area contributed by atoms with Gasteiger partial charge >= 0.3 is 0 Å². The van der Waals surface area contributed by atoms with Gasteiger partial charge in [-0.25, -0.2) is 0 Å². The molecule has 2 aliphatic rings. The number of nitrogens with one attached hydrogen (secondary N) is 1. The highest BCUT2D eigenvalue weighted by Gasteiger charge is 2.27. The van der Waals surface area contributed by atoms with Crippen LogP contribution >= 0.6 is 0 Å². The summed E-state index contributed by atoms with van der Waals surface area (Å²) in [5.74, 6) is 0.0570. The van der Waals surface area contributed by atoms with Crippen LogP contribution in [0.15, 0.2) is 84.9 Å². The van der Waals surface area contributed by atoms with E-state index in [4.69, 9.17) is 0 Å². The van der Waals surface area contributed by atoms with Crippen molar-refractivity contribution in [3.8, 4) is 0 Å². The molecule has 0 bridgehead atoms. The first-order valence-electron chi connectivity index (χ1n) is 10.0. The van der Waals surface area contributed by atoms with Crippen LogP contribution in [0, 0.1) is 0 Å². The minimum absolute atomic E-state index is 0.0863. The summed E-state index contributed by atoms with van der Waals surface area (Å²) in [6.45, 7) is 0. The summed E-state index contributed by atoms with van der Waals surface area (Å²) < 4.78 is 0. The molecule has 0 atom stereocenters. The molecule has 4 aromatic carbocycles. The van der Waals surface area contributed by atoms with Gasteiger partial charge in [-0.1, -0.05) is 84.9 Å². The molecule has 30 heavy (non-hydrogen) atoms. The van der Waals surface area contributed by atoms with E-state index in [-0.39, 0.29) is 11.7 Å². The first kappa shape index (κ1) is 16.9. The lowest BCUT2D eigenvalue weighted by Gasteiger charge is -2.07. The van der Waals surface area contributed by atoms with Crippen LogP contribution in [0.5, 0.6) is 0 Å². The molecule has 3 heteroatoms. The van der Waals surface area contributed by atoms with Gasteiger partial charge in [-0.2, -0.15) is 0 Å². The summed E-state index contributed by atoms with van der Waals surface area (Å²) in [4.78, 5) is 25.7. The van der Waals surface area contributed by atoms with Gasteiger partial charge in [0.05, 0.1) is 11.3 Å². The molecule has 0 radical (unpaired) electrons. The van der Waals surface area contributed by atoms with Crippen molar-refractivity contribution in [2.24, 2.45) is 0 Å². The van der Waals surface area contributed by atoms with E-state index in [9.17, 15) is 9.59 Å². The number of hydrogen-bond acceptors (Lipinski definition) is 2. The summed E-state index contributed by atoms with van der Waals surface area (Å²) in [6, 6.07) is 27.7. The molecule has 1 amide bonds. The molecule has 1 aliphatic carbocycles. The molecule has 1 aliphatic heterocycles. The summed E-state index contributed by atoms with van der Waals surface area (Å²) >= 11 is 0. The first-order valence-corrected chi connectivity index (χ1v) is 10.0. The maximum Gasteiger partial charge on any atom is 0.256 e. The molecule has 0 fully saturated rings. The van der Waals surface area contributed by atoms with E-state index >= 15 is 0 Å². The van der Waals surface area contributed by atoms with Crippen LogP contribution in [0.3, 0.4) is 0 Å². The van der Waals surface area contributed by atoms with Crippen molar-refractivity contribution in [2.75, 3.05) is 5.32 Å². The molecule has 1 heterocycles. The molecule has 6 rings (SSSR count). The van der Waals surface area contributed by atoms with Crippen LogP contribution in [0.25, 0.3) is 21.9 Å². The van der Waals surface area contributed by atoms with E-state index in [0.717, 1.165) is 49.2 Å². The van der Waals surface area contributed by atoms with Crippen molar-refractivity contribution < 1.29 is 9.59 Å². The fourth-order valence-electron chi connectivity index (χ4n) is 4.75. The monoisotopic (exact) mass is 387 g/mol. The van der Waals surface area contributed by atoms with Gasteiger partial charge < -0.3 is 5.32 Å². The molecule has 0 saturated heterocycles. The average molecular weight is 387 g/mol. The average Bonchev–Trinajstić information content (AvgIpc) is 3.30. The maximum atomic E-state index is 12.9. The van der Waals surface area contributed by atoms with Gasteiger partial charge in [-0.15, -0.1) is 0 Å². The Labute approximate surface area is 173 Å². The molecule has 0 saturated carbocycles. The highest BCUT2D eigenvalue weighted by atomic mass is 16.2. The molecule has 0 unspecified atom stereocenters. The quantitative estimate of drug-likeness (QED) is 0.574. The first-order chi connectivity index (χ1) is 14.7. The van der Waals surface area contributed by atoms with Crippen molar-refractivity contribution in [1.29, 1.82) is 0 Å². The maximum absolute atomic E-state index is 12.9. The van der Waals surface area contributed by atoms with Gasteiger partial charge in [-0.3, -0.25) is 9.59 Å². The van der Waals surface area contributed by atoms with E-state index < -0.39 is 0 Å². The Kier molecular flexibility index (Phi) is 3.53. The van der Waals surface area contributed by atoms with Crippen LogP contribution in [-0.4, -0.2) is 11.7 Å². The van der Waals surface area contributed by atoms with Crippen LogP contribution in [0.2, 0.25) is 0 Å². The molecule has 3 nitrogen and oxygen atoms in total. The Morgan fingerprint density at radius 3 is 1.90 bits per heavy atom. The lowest BCUT2D eigenvalue weighted by Crippen LogP contribution is -2.10. The SMILES string of the molecule is O=C1Cc2c(ccc3c4c(ccc23)=C(c2ccccc2)C(=O)N4)=C1c1ccccc1. The summed E-state index contributed by atoms with van der Waals surface area (Å²) in [6.07, 6.45) is 0.388. The van der Waals surface area contributed by atoms with Crippen LogP contribution in [-0.2, 0) is 16.0 Å². The number of amides is 1. The number of hydrogen-bond donors (Lipinski definition) is 1. The summed E-state index contributed by atoms with van der Waals surface area (Å²) in [5, 5.41) is 6.98. The number of benzene rings is 4. The Hall–Kier alpha value is -3.98. The highest BCUT2D eigenvalue weighted by Crippen LogP contribution is 2.30. The van der Waals surface area contributed by atoms with Crippen molar-refractivity contribution >= 4 is 39.3 Å². The van der Waals surface area contributed by atoms with Gasteiger partial charge in [-0.05, 0) is 27.3 Å². The van der Waals surface area contributed by atoms with Gasteiger partial charge in [0, 0.05) is 22.6 Å². The highest BCUT2D eigenvalue weighted by molar-refractivity contribution is 6.31. The molecule has 0 aromatic heterocycles. The molecule has 0 spiro atoms. The van der Waals surface area contributed by atoms with E-state index in [2.05, 4.69) is 11.4 Å². The number of carbonyl (C=O) groups is 2. The summed E-state index contributed by atoms with van der Waals surface area (Å²) in [5.41, 5.74) is 5.22. The Morgan fingerprint density at radius 1 is 0.600 bits per heavy atom. The van der Waals surface area contributed by atoms with Crippen LogP contribution in [0.4, 0.5) is 5.69 Å². The predicted molar refractivity (Wildman–Crippen MR) is 118 cm³/mol. The third-order valence-electron chi connectivity index (χ3n) is 6.06.